The molecule has 20 heavy (non-hydrogen) atoms. The maximum Gasteiger partial charge on any atom is 0.183 e. The second-order valence-electron chi connectivity index (χ2n) is 6.19. The first-order chi connectivity index (χ1) is 9.43. The van der Waals surface area contributed by atoms with Crippen LogP contribution in [0.5, 0.6) is 5.75 Å². The van der Waals surface area contributed by atoms with Crippen molar-refractivity contribution >= 4 is 17.2 Å². The number of phenolic OH excluding ortho intramolecular Hbond substituents is 1. The van der Waals surface area contributed by atoms with Crippen molar-refractivity contribution in [2.24, 2.45) is 11.3 Å². The van der Waals surface area contributed by atoms with Crippen LogP contribution in [0.15, 0.2) is 18.2 Å². The van der Waals surface area contributed by atoms with Gasteiger partial charge in [0.25, 0.3) is 0 Å². The topological polar surface area (TPSA) is 40.5 Å². The van der Waals surface area contributed by atoms with E-state index in [1.165, 1.54) is 6.07 Å². The van der Waals surface area contributed by atoms with Gasteiger partial charge in [0.1, 0.15) is 0 Å². The van der Waals surface area contributed by atoms with Gasteiger partial charge in [-0.25, -0.2) is 4.39 Å². The fourth-order valence-electron chi connectivity index (χ4n) is 3.63. The highest BCUT2D eigenvalue weighted by atomic mass is 35.5. The summed E-state index contributed by atoms with van der Waals surface area (Å²) in [5.74, 6) is -0.772. The Morgan fingerprint density at radius 3 is 2.85 bits per heavy atom. The third kappa shape index (κ3) is 1.95. The molecular weight excluding hydrogens is 279 g/mol. The van der Waals surface area contributed by atoms with E-state index in [2.05, 4.69) is 13.0 Å². The van der Waals surface area contributed by atoms with Gasteiger partial charge in [-0.15, -0.1) is 0 Å². The van der Waals surface area contributed by atoms with E-state index >= 15 is 0 Å². The van der Waals surface area contributed by atoms with Crippen molar-refractivity contribution in [3.05, 3.63) is 34.6 Å². The summed E-state index contributed by atoms with van der Waals surface area (Å²) >= 11 is 6.01. The fraction of sp³-hybridized carbons (Fsp3) is 0.500. The lowest BCUT2D eigenvalue weighted by atomic mass is 9.68. The van der Waals surface area contributed by atoms with Gasteiger partial charge in [-0.05, 0) is 54.9 Å². The molecule has 1 aromatic rings. The first-order valence-electron chi connectivity index (χ1n) is 6.98. The van der Waals surface area contributed by atoms with E-state index in [1.807, 2.05) is 0 Å². The van der Waals surface area contributed by atoms with Crippen LogP contribution < -0.4 is 0 Å². The Bertz CT molecular complexity index is 584. The molecule has 0 aliphatic heterocycles. The smallest absolute Gasteiger partial charge is 0.183 e. The Labute approximate surface area is 122 Å². The van der Waals surface area contributed by atoms with E-state index < -0.39 is 11.6 Å². The van der Waals surface area contributed by atoms with Gasteiger partial charge in [0, 0.05) is 5.41 Å². The molecule has 1 saturated carbocycles. The predicted molar refractivity (Wildman–Crippen MR) is 77.1 cm³/mol. The molecule has 1 fully saturated rings. The maximum atomic E-state index is 13.7. The van der Waals surface area contributed by atoms with Gasteiger partial charge in [0.05, 0.1) is 11.1 Å². The molecule has 0 heterocycles. The highest BCUT2D eigenvalue weighted by Crippen LogP contribution is 2.53. The van der Waals surface area contributed by atoms with Crippen LogP contribution in [-0.4, -0.2) is 16.3 Å². The van der Waals surface area contributed by atoms with Gasteiger partial charge in [-0.3, -0.25) is 0 Å². The Balaban J connectivity index is 1.96. The average molecular weight is 297 g/mol. The molecule has 3 rings (SSSR count). The number of fused-ring (bicyclic) bond motifs is 1. The van der Waals surface area contributed by atoms with Crippen molar-refractivity contribution in [3.63, 3.8) is 0 Å². The van der Waals surface area contributed by atoms with Crippen molar-refractivity contribution in [1.29, 1.82) is 0 Å². The molecular formula is C16H18ClFO2. The second-order valence-corrected chi connectivity index (χ2v) is 6.57. The van der Waals surface area contributed by atoms with Crippen molar-refractivity contribution in [3.8, 4) is 5.75 Å². The van der Waals surface area contributed by atoms with E-state index in [4.69, 9.17) is 11.6 Å². The SMILES string of the molecule is C[C@]12CC=C(c3ccc(O)c(F)c3Cl)C[C@H]1CC[C@@H]2O. The van der Waals surface area contributed by atoms with Crippen LogP contribution in [0.3, 0.4) is 0 Å². The molecule has 0 amide bonds. The number of benzene rings is 1. The summed E-state index contributed by atoms with van der Waals surface area (Å²) < 4.78 is 13.7. The van der Waals surface area contributed by atoms with E-state index in [-0.39, 0.29) is 16.5 Å². The zero-order valence-corrected chi connectivity index (χ0v) is 12.1. The Morgan fingerprint density at radius 1 is 1.35 bits per heavy atom. The standard InChI is InChI=1S/C16H18ClFO2/c1-16-7-6-9(8-10(16)2-5-13(16)20)11-3-4-12(19)15(18)14(11)17/h3-4,6,10,13,19-20H,2,5,7-8H2,1H3/t10-,13+,16+/m1/s1. The molecule has 2 aliphatic rings. The van der Waals surface area contributed by atoms with Gasteiger partial charge in [0.2, 0.25) is 0 Å². The van der Waals surface area contributed by atoms with Gasteiger partial charge in [-0.1, -0.05) is 24.6 Å². The number of halogens is 2. The average Bonchev–Trinajstić information content (AvgIpc) is 2.72. The lowest BCUT2D eigenvalue weighted by Gasteiger charge is -2.38. The molecule has 0 bridgehead atoms. The summed E-state index contributed by atoms with van der Waals surface area (Å²) in [4.78, 5) is 0. The second kappa shape index (κ2) is 4.74. The number of aromatic hydroxyl groups is 1. The highest BCUT2D eigenvalue weighted by Gasteiger charge is 2.47. The number of rotatable bonds is 1. The maximum absolute atomic E-state index is 13.7. The molecule has 0 radical (unpaired) electrons. The minimum atomic E-state index is -0.759. The van der Waals surface area contributed by atoms with Crippen LogP contribution in [-0.2, 0) is 0 Å². The first kappa shape index (κ1) is 13.9. The van der Waals surface area contributed by atoms with E-state index in [9.17, 15) is 14.6 Å². The molecule has 0 spiro atoms. The van der Waals surface area contributed by atoms with Crippen molar-refractivity contribution in [2.45, 2.75) is 38.7 Å². The molecule has 0 saturated heterocycles. The lowest BCUT2D eigenvalue weighted by molar-refractivity contribution is 0.0400. The third-order valence-electron chi connectivity index (χ3n) is 5.14. The summed E-state index contributed by atoms with van der Waals surface area (Å²) in [5, 5.41) is 19.4. The molecule has 4 heteroatoms. The van der Waals surface area contributed by atoms with Crippen LogP contribution in [0.2, 0.25) is 5.02 Å². The number of aliphatic hydroxyl groups is 1. The molecule has 2 nitrogen and oxygen atoms in total. The molecule has 1 aromatic carbocycles. The highest BCUT2D eigenvalue weighted by molar-refractivity contribution is 6.32. The molecule has 2 N–H and O–H groups in total. The molecule has 3 atom stereocenters. The van der Waals surface area contributed by atoms with Gasteiger partial charge in [0.15, 0.2) is 11.6 Å². The number of hydrogen-bond acceptors (Lipinski definition) is 2. The zero-order chi connectivity index (χ0) is 14.5. The van der Waals surface area contributed by atoms with E-state index in [0.29, 0.717) is 11.5 Å². The van der Waals surface area contributed by atoms with Crippen LogP contribution in [0.1, 0.15) is 38.2 Å². The largest absolute Gasteiger partial charge is 0.505 e. The molecule has 0 aromatic heterocycles. The van der Waals surface area contributed by atoms with Crippen LogP contribution in [0, 0.1) is 17.2 Å². The minimum absolute atomic E-state index is 0.0154. The quantitative estimate of drug-likeness (QED) is 0.818. The predicted octanol–water partition coefficient (Wildman–Crippen LogP) is 4.14. The Kier molecular flexibility index (Phi) is 3.30. The summed E-state index contributed by atoms with van der Waals surface area (Å²) in [7, 11) is 0. The molecule has 108 valence electrons. The lowest BCUT2D eigenvalue weighted by Crippen LogP contribution is -2.34. The fourth-order valence-corrected chi connectivity index (χ4v) is 3.91. The van der Waals surface area contributed by atoms with Gasteiger partial charge < -0.3 is 10.2 Å². The summed E-state index contributed by atoms with van der Waals surface area (Å²) in [6.07, 6.45) is 5.22. The summed E-state index contributed by atoms with van der Waals surface area (Å²) in [6, 6.07) is 3.01. The Hall–Kier alpha value is -1.06. The number of hydrogen-bond donors (Lipinski definition) is 2. The summed E-state index contributed by atoms with van der Waals surface area (Å²) in [5.41, 5.74) is 1.61. The summed E-state index contributed by atoms with van der Waals surface area (Å²) in [6.45, 7) is 2.13. The van der Waals surface area contributed by atoms with Gasteiger partial charge >= 0.3 is 0 Å². The van der Waals surface area contributed by atoms with Gasteiger partial charge in [-0.2, -0.15) is 0 Å². The number of phenols is 1. The number of allylic oxidation sites excluding steroid dienone is 2. The van der Waals surface area contributed by atoms with Crippen molar-refractivity contribution in [1.82, 2.24) is 0 Å². The van der Waals surface area contributed by atoms with Crippen molar-refractivity contribution < 1.29 is 14.6 Å². The van der Waals surface area contributed by atoms with Crippen LogP contribution >= 0.6 is 11.6 Å². The third-order valence-corrected chi connectivity index (χ3v) is 5.51. The normalized spacial score (nSPS) is 32.9. The molecule has 0 unspecified atom stereocenters. The van der Waals surface area contributed by atoms with Crippen LogP contribution in [0.25, 0.3) is 5.57 Å². The van der Waals surface area contributed by atoms with Crippen LogP contribution in [0.4, 0.5) is 4.39 Å². The number of aliphatic hydroxyl groups excluding tert-OH is 1. The Morgan fingerprint density at radius 2 is 2.10 bits per heavy atom. The monoisotopic (exact) mass is 296 g/mol. The van der Waals surface area contributed by atoms with Crippen molar-refractivity contribution in [2.75, 3.05) is 0 Å². The van der Waals surface area contributed by atoms with E-state index in [1.54, 1.807) is 6.07 Å². The first-order valence-corrected chi connectivity index (χ1v) is 7.35. The van der Waals surface area contributed by atoms with E-state index in [0.717, 1.165) is 31.3 Å². The molecule has 2 aliphatic carbocycles. The zero-order valence-electron chi connectivity index (χ0n) is 11.4. The minimum Gasteiger partial charge on any atom is -0.505 e.